The first-order valence-electron chi connectivity index (χ1n) is 4.97. The third-order valence-electron chi connectivity index (χ3n) is 4.51. The van der Waals surface area contributed by atoms with Gasteiger partial charge in [0.2, 0.25) is 0 Å². The summed E-state index contributed by atoms with van der Waals surface area (Å²) in [5, 5.41) is -0.818. The Kier molecular flexibility index (Phi) is 1.87. The predicted octanol–water partition coefficient (Wildman–Crippen LogP) is 2.30. The van der Waals surface area contributed by atoms with E-state index in [-0.39, 0.29) is 0 Å². The minimum Gasteiger partial charge on any atom is -0.324 e. The van der Waals surface area contributed by atoms with Gasteiger partial charge in [0.1, 0.15) is 0 Å². The summed E-state index contributed by atoms with van der Waals surface area (Å²) < 4.78 is 11.6. The van der Waals surface area contributed by atoms with Crippen molar-refractivity contribution in [1.82, 2.24) is 0 Å². The van der Waals surface area contributed by atoms with E-state index in [1.807, 2.05) is 13.8 Å². The van der Waals surface area contributed by atoms with Crippen LogP contribution in [-0.4, -0.2) is 14.9 Å². The van der Waals surface area contributed by atoms with Crippen LogP contribution in [0.5, 0.6) is 0 Å². The molecule has 0 amide bonds. The van der Waals surface area contributed by atoms with Crippen LogP contribution in [0.15, 0.2) is 12.2 Å². The first kappa shape index (κ1) is 10.4. The second-order valence-electron chi connectivity index (χ2n) is 5.17. The SMILES string of the molecule is C=C1C2CCC(P(=O)(O)O)(C2)C1(C)C. The molecule has 80 valence electrons. The Morgan fingerprint density at radius 1 is 1.50 bits per heavy atom. The number of hydrogen-bond acceptors (Lipinski definition) is 1. The van der Waals surface area contributed by atoms with Gasteiger partial charge >= 0.3 is 7.60 Å². The van der Waals surface area contributed by atoms with Crippen molar-refractivity contribution in [3.05, 3.63) is 12.2 Å². The Bertz CT molecular complexity index is 341. The highest BCUT2D eigenvalue weighted by molar-refractivity contribution is 7.53. The first-order chi connectivity index (χ1) is 6.22. The van der Waals surface area contributed by atoms with Gasteiger partial charge in [-0.1, -0.05) is 26.0 Å². The molecule has 2 saturated carbocycles. The quantitative estimate of drug-likeness (QED) is 0.522. The summed E-state index contributed by atoms with van der Waals surface area (Å²) in [6.07, 6.45) is 2.17. The van der Waals surface area contributed by atoms with Gasteiger partial charge < -0.3 is 9.79 Å². The van der Waals surface area contributed by atoms with Crippen molar-refractivity contribution in [2.45, 2.75) is 38.3 Å². The van der Waals surface area contributed by atoms with Gasteiger partial charge in [0, 0.05) is 5.41 Å². The van der Waals surface area contributed by atoms with Gasteiger partial charge in [0.15, 0.2) is 0 Å². The van der Waals surface area contributed by atoms with E-state index in [4.69, 9.17) is 0 Å². The second-order valence-corrected chi connectivity index (χ2v) is 7.11. The molecule has 0 aromatic heterocycles. The molecule has 14 heavy (non-hydrogen) atoms. The lowest BCUT2D eigenvalue weighted by Gasteiger charge is -2.42. The van der Waals surface area contributed by atoms with Gasteiger partial charge in [-0.2, -0.15) is 0 Å². The zero-order chi connectivity index (χ0) is 10.8. The van der Waals surface area contributed by atoms with Gasteiger partial charge in [0.05, 0.1) is 5.16 Å². The van der Waals surface area contributed by atoms with Crippen molar-refractivity contribution in [3.8, 4) is 0 Å². The Morgan fingerprint density at radius 2 is 2.07 bits per heavy atom. The molecule has 2 unspecified atom stereocenters. The minimum atomic E-state index is -4.02. The maximum absolute atomic E-state index is 11.6. The van der Waals surface area contributed by atoms with Crippen LogP contribution in [0.3, 0.4) is 0 Å². The summed E-state index contributed by atoms with van der Waals surface area (Å²) in [6, 6.07) is 0. The largest absolute Gasteiger partial charge is 0.332 e. The van der Waals surface area contributed by atoms with E-state index >= 15 is 0 Å². The molecular weight excluding hydrogens is 199 g/mol. The van der Waals surface area contributed by atoms with Crippen LogP contribution in [-0.2, 0) is 4.57 Å². The molecule has 0 heterocycles. The van der Waals surface area contributed by atoms with Crippen molar-refractivity contribution >= 4 is 7.60 Å². The average Bonchev–Trinajstić information content (AvgIpc) is 2.51. The normalized spacial score (nSPS) is 40.6. The van der Waals surface area contributed by atoms with Crippen LogP contribution in [0.25, 0.3) is 0 Å². The summed E-state index contributed by atoms with van der Waals surface area (Å²) in [7, 11) is -4.02. The topological polar surface area (TPSA) is 57.5 Å². The van der Waals surface area contributed by atoms with Crippen LogP contribution in [0, 0.1) is 11.3 Å². The molecule has 3 nitrogen and oxygen atoms in total. The molecule has 0 aromatic carbocycles. The van der Waals surface area contributed by atoms with E-state index in [1.165, 1.54) is 0 Å². The fourth-order valence-corrected chi connectivity index (χ4v) is 5.08. The van der Waals surface area contributed by atoms with Gasteiger partial charge in [-0.25, -0.2) is 0 Å². The molecular formula is C10H17O3P. The lowest BCUT2D eigenvalue weighted by Crippen LogP contribution is -2.40. The molecule has 2 fully saturated rings. The molecule has 0 aliphatic heterocycles. The first-order valence-corrected chi connectivity index (χ1v) is 6.58. The van der Waals surface area contributed by atoms with Gasteiger partial charge in [-0.3, -0.25) is 4.57 Å². The van der Waals surface area contributed by atoms with E-state index < -0.39 is 18.2 Å². The Balaban J connectivity index is 2.56. The number of rotatable bonds is 1. The van der Waals surface area contributed by atoms with E-state index in [1.54, 1.807) is 0 Å². The molecule has 2 atom stereocenters. The number of allylic oxidation sites excluding steroid dienone is 1. The summed E-state index contributed by atoms with van der Waals surface area (Å²) >= 11 is 0. The predicted molar refractivity (Wildman–Crippen MR) is 55.0 cm³/mol. The molecule has 2 bridgehead atoms. The maximum Gasteiger partial charge on any atom is 0.332 e. The van der Waals surface area contributed by atoms with Crippen LogP contribution >= 0.6 is 7.60 Å². The van der Waals surface area contributed by atoms with Gasteiger partial charge in [-0.15, -0.1) is 0 Å². The van der Waals surface area contributed by atoms with Crippen molar-refractivity contribution in [3.63, 3.8) is 0 Å². The highest BCUT2D eigenvalue weighted by atomic mass is 31.2. The summed E-state index contributed by atoms with van der Waals surface area (Å²) in [5.41, 5.74) is 0.627. The highest BCUT2D eigenvalue weighted by Gasteiger charge is 2.67. The smallest absolute Gasteiger partial charge is 0.324 e. The lowest BCUT2D eigenvalue weighted by molar-refractivity contribution is 0.242. The molecule has 0 radical (unpaired) electrons. The fraction of sp³-hybridized carbons (Fsp3) is 0.800. The summed E-state index contributed by atoms with van der Waals surface area (Å²) in [5.74, 6) is 0.331. The maximum atomic E-state index is 11.6. The number of hydrogen-bond donors (Lipinski definition) is 2. The van der Waals surface area contributed by atoms with Gasteiger partial charge in [0.25, 0.3) is 0 Å². The zero-order valence-electron chi connectivity index (χ0n) is 8.66. The van der Waals surface area contributed by atoms with Crippen LogP contribution in [0.1, 0.15) is 33.1 Å². The molecule has 2 aliphatic rings. The fourth-order valence-electron chi connectivity index (χ4n) is 3.33. The van der Waals surface area contributed by atoms with Crippen LogP contribution < -0.4 is 0 Å². The van der Waals surface area contributed by atoms with E-state index in [9.17, 15) is 14.4 Å². The number of fused-ring (bicyclic) bond motifs is 2. The zero-order valence-corrected chi connectivity index (χ0v) is 9.55. The summed E-state index contributed by atoms with van der Waals surface area (Å²) in [6.45, 7) is 7.85. The molecule has 2 aliphatic carbocycles. The van der Waals surface area contributed by atoms with E-state index in [0.29, 0.717) is 18.8 Å². The van der Waals surface area contributed by atoms with Crippen molar-refractivity contribution in [2.75, 3.05) is 0 Å². The van der Waals surface area contributed by atoms with Crippen molar-refractivity contribution in [1.29, 1.82) is 0 Å². The average molecular weight is 216 g/mol. The molecule has 0 saturated heterocycles. The Morgan fingerprint density at radius 3 is 2.36 bits per heavy atom. The Labute approximate surface area is 84.4 Å². The van der Waals surface area contributed by atoms with Crippen molar-refractivity contribution < 1.29 is 14.4 Å². The third kappa shape index (κ3) is 0.932. The standard InChI is InChI=1S/C10H17O3P/c1-7-8-4-5-10(6-8,9(7,2)3)14(11,12)13/h8H,1,4-6H2,2-3H3,(H2,11,12,13). The third-order valence-corrected chi connectivity index (χ3v) is 6.59. The van der Waals surface area contributed by atoms with Crippen LogP contribution in [0.2, 0.25) is 0 Å². The Hall–Kier alpha value is -0.110. The monoisotopic (exact) mass is 216 g/mol. The minimum absolute atomic E-state index is 0.331. The second kappa shape index (κ2) is 2.52. The van der Waals surface area contributed by atoms with E-state index in [0.717, 1.165) is 12.0 Å². The molecule has 4 heteroatoms. The molecule has 2 N–H and O–H groups in total. The van der Waals surface area contributed by atoms with Crippen LogP contribution in [0.4, 0.5) is 0 Å². The highest BCUT2D eigenvalue weighted by Crippen LogP contribution is 2.75. The van der Waals surface area contributed by atoms with Gasteiger partial charge in [-0.05, 0) is 25.2 Å². The van der Waals surface area contributed by atoms with Crippen molar-refractivity contribution in [2.24, 2.45) is 11.3 Å². The molecule has 0 aromatic rings. The summed E-state index contributed by atoms with van der Waals surface area (Å²) in [4.78, 5) is 19.0. The lowest BCUT2D eigenvalue weighted by atomic mass is 9.73. The molecule has 2 rings (SSSR count). The molecule has 0 spiro atoms. The van der Waals surface area contributed by atoms with E-state index in [2.05, 4.69) is 6.58 Å².